The number of nitrogens with two attached hydrogens (primary N) is 1. The van der Waals surface area contributed by atoms with Crippen molar-refractivity contribution in [2.75, 3.05) is 18.5 Å². The highest BCUT2D eigenvalue weighted by Crippen LogP contribution is 2.40. The van der Waals surface area contributed by atoms with Crippen molar-refractivity contribution in [2.24, 2.45) is 5.73 Å². The standard InChI is InChI=1S/C18H27N3O5S/c1-10(2)25-7-5-6-20-15(23)16(24)21-17-13(14(19)22)11-8-18(3,4)26-9-12(11)27-17/h10H,5-9H2,1-4H3,(H2,19,22)(H,20,23)(H,21,24). The largest absolute Gasteiger partial charge is 0.379 e. The van der Waals surface area contributed by atoms with Crippen LogP contribution >= 0.6 is 11.3 Å². The van der Waals surface area contributed by atoms with Gasteiger partial charge >= 0.3 is 11.8 Å². The predicted molar refractivity (Wildman–Crippen MR) is 103 cm³/mol. The smallest absolute Gasteiger partial charge is 0.314 e. The number of ether oxygens (including phenoxy) is 2. The Kier molecular flexibility index (Phi) is 6.96. The van der Waals surface area contributed by atoms with Crippen molar-refractivity contribution in [3.8, 4) is 0 Å². The Balaban J connectivity index is 2.00. The molecule has 0 unspecified atom stereocenters. The SMILES string of the molecule is CC(C)OCCCNC(=O)C(=O)Nc1sc2c(c1C(N)=O)CC(C)(C)OC2. The van der Waals surface area contributed by atoms with Crippen LogP contribution in [0.4, 0.5) is 5.00 Å². The second-order valence-corrected chi connectivity index (χ2v) is 8.39. The maximum Gasteiger partial charge on any atom is 0.314 e. The van der Waals surface area contributed by atoms with Crippen LogP contribution in [0.3, 0.4) is 0 Å². The molecule has 4 N–H and O–H groups in total. The third-order valence-electron chi connectivity index (χ3n) is 4.02. The quantitative estimate of drug-likeness (QED) is 0.476. The van der Waals surface area contributed by atoms with E-state index in [1.165, 1.54) is 11.3 Å². The third kappa shape index (κ3) is 5.75. The molecule has 27 heavy (non-hydrogen) atoms. The average molecular weight is 397 g/mol. The van der Waals surface area contributed by atoms with E-state index in [0.29, 0.717) is 32.6 Å². The molecule has 2 heterocycles. The molecular formula is C18H27N3O5S. The van der Waals surface area contributed by atoms with Gasteiger partial charge in [-0.1, -0.05) is 0 Å². The molecule has 1 aliphatic rings. The van der Waals surface area contributed by atoms with Gasteiger partial charge in [-0.2, -0.15) is 0 Å². The molecule has 1 aliphatic heterocycles. The first-order valence-corrected chi connectivity index (χ1v) is 9.71. The number of hydrogen-bond donors (Lipinski definition) is 3. The second-order valence-electron chi connectivity index (χ2n) is 7.28. The predicted octanol–water partition coefficient (Wildman–Crippen LogP) is 1.57. The maximum absolute atomic E-state index is 12.2. The fourth-order valence-corrected chi connectivity index (χ4v) is 3.87. The molecule has 8 nitrogen and oxygen atoms in total. The molecule has 0 aliphatic carbocycles. The molecule has 0 saturated carbocycles. The Hall–Kier alpha value is -1.97. The highest BCUT2D eigenvalue weighted by atomic mass is 32.1. The number of amides is 3. The molecule has 9 heteroatoms. The molecule has 150 valence electrons. The van der Waals surface area contributed by atoms with Crippen LogP contribution in [0, 0.1) is 0 Å². The van der Waals surface area contributed by atoms with Crippen LogP contribution in [-0.2, 0) is 32.1 Å². The number of hydrogen-bond acceptors (Lipinski definition) is 6. The van der Waals surface area contributed by atoms with Crippen LogP contribution in [0.25, 0.3) is 0 Å². The number of nitrogens with one attached hydrogen (secondary N) is 2. The topological polar surface area (TPSA) is 120 Å². The van der Waals surface area contributed by atoms with Gasteiger partial charge in [0.05, 0.1) is 23.9 Å². The number of fused-ring (bicyclic) bond motifs is 1. The van der Waals surface area contributed by atoms with Gasteiger partial charge < -0.3 is 25.8 Å². The molecule has 1 aromatic heterocycles. The van der Waals surface area contributed by atoms with Crippen molar-refractivity contribution in [1.29, 1.82) is 0 Å². The fourth-order valence-electron chi connectivity index (χ4n) is 2.74. The second kappa shape index (κ2) is 8.81. The first-order valence-electron chi connectivity index (χ1n) is 8.90. The molecule has 0 fully saturated rings. The van der Waals surface area contributed by atoms with Crippen molar-refractivity contribution < 1.29 is 23.9 Å². The summed E-state index contributed by atoms with van der Waals surface area (Å²) in [6.45, 7) is 8.86. The first-order chi connectivity index (χ1) is 12.6. The lowest BCUT2D eigenvalue weighted by molar-refractivity contribution is -0.136. The monoisotopic (exact) mass is 397 g/mol. The minimum absolute atomic E-state index is 0.120. The summed E-state index contributed by atoms with van der Waals surface area (Å²) >= 11 is 1.21. The van der Waals surface area contributed by atoms with Gasteiger partial charge in [0.2, 0.25) is 0 Å². The van der Waals surface area contributed by atoms with Crippen LogP contribution in [0.1, 0.15) is 54.9 Å². The zero-order chi connectivity index (χ0) is 20.2. The molecular weight excluding hydrogens is 370 g/mol. The van der Waals surface area contributed by atoms with E-state index in [0.717, 1.165) is 10.4 Å². The summed E-state index contributed by atoms with van der Waals surface area (Å²) in [5, 5.41) is 5.34. The summed E-state index contributed by atoms with van der Waals surface area (Å²) in [5.74, 6) is -2.23. The molecule has 0 bridgehead atoms. The molecule has 0 atom stereocenters. The van der Waals surface area contributed by atoms with Crippen LogP contribution in [-0.4, -0.2) is 42.6 Å². The van der Waals surface area contributed by atoms with E-state index >= 15 is 0 Å². The average Bonchev–Trinajstić information content (AvgIpc) is 2.89. The van der Waals surface area contributed by atoms with E-state index in [9.17, 15) is 14.4 Å². The Morgan fingerprint density at radius 1 is 1.30 bits per heavy atom. The van der Waals surface area contributed by atoms with Gasteiger partial charge in [-0.15, -0.1) is 11.3 Å². The number of primary amides is 1. The van der Waals surface area contributed by atoms with E-state index in [1.54, 1.807) is 0 Å². The third-order valence-corrected chi connectivity index (χ3v) is 5.15. The zero-order valence-electron chi connectivity index (χ0n) is 16.1. The van der Waals surface area contributed by atoms with E-state index in [2.05, 4.69) is 10.6 Å². The van der Waals surface area contributed by atoms with Gasteiger partial charge in [0.25, 0.3) is 5.91 Å². The summed E-state index contributed by atoms with van der Waals surface area (Å²) in [7, 11) is 0. The molecule has 1 aromatic rings. The fraction of sp³-hybridized carbons (Fsp3) is 0.611. The molecule has 2 rings (SSSR count). The van der Waals surface area contributed by atoms with Gasteiger partial charge in [-0.3, -0.25) is 14.4 Å². The van der Waals surface area contributed by atoms with Crippen molar-refractivity contribution in [3.63, 3.8) is 0 Å². The molecule has 0 radical (unpaired) electrons. The van der Waals surface area contributed by atoms with Gasteiger partial charge in [0.1, 0.15) is 5.00 Å². The number of carbonyl (C=O) groups excluding carboxylic acids is 3. The van der Waals surface area contributed by atoms with E-state index < -0.39 is 23.3 Å². The van der Waals surface area contributed by atoms with Crippen LogP contribution in [0.2, 0.25) is 0 Å². The van der Waals surface area contributed by atoms with Gasteiger partial charge in [0.15, 0.2) is 0 Å². The molecule has 0 spiro atoms. The normalized spacial score (nSPS) is 15.3. The number of carbonyl (C=O) groups is 3. The van der Waals surface area contributed by atoms with E-state index in [4.69, 9.17) is 15.2 Å². The Morgan fingerprint density at radius 3 is 2.63 bits per heavy atom. The van der Waals surface area contributed by atoms with Crippen molar-refractivity contribution in [1.82, 2.24) is 5.32 Å². The van der Waals surface area contributed by atoms with Crippen molar-refractivity contribution in [3.05, 3.63) is 16.0 Å². The highest BCUT2D eigenvalue weighted by Gasteiger charge is 2.33. The lowest BCUT2D eigenvalue weighted by atomic mass is 9.93. The summed E-state index contributed by atoms with van der Waals surface area (Å²) in [4.78, 5) is 36.9. The molecule has 0 aromatic carbocycles. The molecule has 3 amide bonds. The van der Waals surface area contributed by atoms with E-state index in [-0.39, 0.29) is 16.7 Å². The summed E-state index contributed by atoms with van der Waals surface area (Å²) < 4.78 is 11.1. The zero-order valence-corrected chi connectivity index (χ0v) is 17.0. The van der Waals surface area contributed by atoms with Crippen LogP contribution < -0.4 is 16.4 Å². The van der Waals surface area contributed by atoms with E-state index in [1.807, 2.05) is 27.7 Å². The Morgan fingerprint density at radius 2 is 2.00 bits per heavy atom. The van der Waals surface area contributed by atoms with Gasteiger partial charge in [0, 0.05) is 24.4 Å². The summed E-state index contributed by atoms with van der Waals surface area (Å²) in [6, 6.07) is 0. The maximum atomic E-state index is 12.2. The lowest BCUT2D eigenvalue weighted by Crippen LogP contribution is -2.36. The highest BCUT2D eigenvalue weighted by molar-refractivity contribution is 7.17. The first kappa shape index (κ1) is 21.3. The van der Waals surface area contributed by atoms with Crippen molar-refractivity contribution >= 4 is 34.1 Å². The minimum atomic E-state index is -0.832. The van der Waals surface area contributed by atoms with Crippen LogP contribution in [0.5, 0.6) is 0 Å². The number of anilines is 1. The number of thiophene rings is 1. The minimum Gasteiger partial charge on any atom is -0.379 e. The van der Waals surface area contributed by atoms with Gasteiger partial charge in [-0.05, 0) is 39.7 Å². The van der Waals surface area contributed by atoms with Crippen LogP contribution in [0.15, 0.2) is 0 Å². The van der Waals surface area contributed by atoms with Crippen molar-refractivity contribution in [2.45, 2.75) is 58.8 Å². The Labute approximate surface area is 162 Å². The number of rotatable bonds is 7. The molecule has 0 saturated heterocycles. The lowest BCUT2D eigenvalue weighted by Gasteiger charge is -2.30. The van der Waals surface area contributed by atoms with Gasteiger partial charge in [-0.25, -0.2) is 0 Å². The summed E-state index contributed by atoms with van der Waals surface area (Å²) in [6.07, 6.45) is 1.23. The summed E-state index contributed by atoms with van der Waals surface area (Å²) in [5.41, 5.74) is 6.15. The Bertz CT molecular complexity index is 727.